The van der Waals surface area contributed by atoms with Gasteiger partial charge in [-0.15, -0.1) is 0 Å². The number of likely N-dealkylation sites (N-methyl/N-ethyl adjacent to an activating group) is 1. The van der Waals surface area contributed by atoms with Crippen molar-refractivity contribution in [2.75, 3.05) is 52.0 Å². The van der Waals surface area contributed by atoms with Gasteiger partial charge in [0.05, 0.1) is 38.4 Å². The van der Waals surface area contributed by atoms with Crippen LogP contribution in [0.1, 0.15) is 12.8 Å². The van der Waals surface area contributed by atoms with E-state index in [4.69, 9.17) is 19.3 Å². The third kappa shape index (κ3) is 10.1. The SMILES string of the molecule is CN[C@@H](CNC(=O)CCOCCOC1OC(CO)C(O)[C@H](O)[C@H]1O)C(=O)C[C@H](CSC)C(=O)O. The first-order valence-electron chi connectivity index (χ1n) is 10.8. The number of carbonyl (C=O) groups is 3. The van der Waals surface area contributed by atoms with Crippen molar-refractivity contribution in [2.45, 2.75) is 49.6 Å². The number of thioether (sulfide) groups is 1. The molecule has 1 amide bonds. The van der Waals surface area contributed by atoms with Crippen molar-refractivity contribution in [3.8, 4) is 0 Å². The summed E-state index contributed by atoms with van der Waals surface area (Å²) in [5, 5.41) is 53.0. The molecule has 1 heterocycles. The Kier molecular flexibility index (Phi) is 14.7. The number of hydrogen-bond donors (Lipinski definition) is 7. The van der Waals surface area contributed by atoms with E-state index < -0.39 is 55.2 Å². The molecule has 1 rings (SSSR count). The van der Waals surface area contributed by atoms with Crippen molar-refractivity contribution in [3.05, 3.63) is 0 Å². The summed E-state index contributed by atoms with van der Waals surface area (Å²) in [5.41, 5.74) is 0. The zero-order chi connectivity index (χ0) is 25.7. The van der Waals surface area contributed by atoms with Crippen molar-refractivity contribution in [1.29, 1.82) is 0 Å². The van der Waals surface area contributed by atoms with Crippen LogP contribution in [0.5, 0.6) is 0 Å². The van der Waals surface area contributed by atoms with Crippen LogP contribution in [-0.2, 0) is 28.6 Å². The van der Waals surface area contributed by atoms with Crippen molar-refractivity contribution in [3.63, 3.8) is 0 Å². The molecule has 0 aromatic carbocycles. The van der Waals surface area contributed by atoms with Gasteiger partial charge in [-0.05, 0) is 13.3 Å². The van der Waals surface area contributed by atoms with E-state index in [0.717, 1.165) is 0 Å². The number of carboxylic acid groups (broad SMARTS) is 1. The molecule has 14 heteroatoms. The third-order valence-corrected chi connectivity index (χ3v) is 5.97. The van der Waals surface area contributed by atoms with Crippen molar-refractivity contribution < 1.29 is 54.1 Å². The average Bonchev–Trinajstić information content (AvgIpc) is 2.81. The number of amides is 1. The molecule has 0 saturated carbocycles. The van der Waals surface area contributed by atoms with Crippen LogP contribution in [0.3, 0.4) is 0 Å². The maximum atomic E-state index is 12.3. The number of carboxylic acids is 1. The third-order valence-electron chi connectivity index (χ3n) is 5.24. The molecular weight excluding hydrogens is 476 g/mol. The number of ketones is 1. The van der Waals surface area contributed by atoms with E-state index in [1.807, 2.05) is 0 Å². The minimum absolute atomic E-state index is 0.00883. The van der Waals surface area contributed by atoms with E-state index in [2.05, 4.69) is 10.6 Å². The normalized spacial score (nSPS) is 26.6. The average molecular weight is 513 g/mol. The first-order valence-corrected chi connectivity index (χ1v) is 12.2. The second-order valence-electron chi connectivity index (χ2n) is 7.74. The first kappa shape index (κ1) is 30.7. The van der Waals surface area contributed by atoms with Crippen LogP contribution in [0.2, 0.25) is 0 Å². The van der Waals surface area contributed by atoms with Gasteiger partial charge in [0.2, 0.25) is 5.91 Å². The summed E-state index contributed by atoms with van der Waals surface area (Å²) >= 11 is 1.34. The van der Waals surface area contributed by atoms with E-state index in [0.29, 0.717) is 5.75 Å². The Morgan fingerprint density at radius 1 is 1.09 bits per heavy atom. The Balaban J connectivity index is 2.25. The highest BCUT2D eigenvalue weighted by atomic mass is 32.2. The summed E-state index contributed by atoms with van der Waals surface area (Å²) in [4.78, 5) is 35.6. The number of ether oxygens (including phenoxy) is 3. The number of aliphatic hydroxyl groups is 4. The topological polar surface area (TPSA) is 204 Å². The zero-order valence-corrected chi connectivity index (χ0v) is 20.1. The van der Waals surface area contributed by atoms with E-state index in [1.165, 1.54) is 11.8 Å². The van der Waals surface area contributed by atoms with Gasteiger partial charge in [0.1, 0.15) is 24.4 Å². The molecule has 0 spiro atoms. The van der Waals surface area contributed by atoms with Gasteiger partial charge >= 0.3 is 5.97 Å². The Morgan fingerprint density at radius 2 is 1.79 bits per heavy atom. The standard InChI is InChI=1S/C20H36N2O11S/c1-21-12(13(24)7-11(10-34-2)19(29)30)8-22-15(25)3-4-31-5-6-32-20-18(28)17(27)16(26)14(9-23)33-20/h11-12,14,16-18,20-21,23,26-28H,3-10H2,1-2H3,(H,22,25)(H,29,30)/t11-,12+,14?,16?,17+,18-,20?/m1/s1. The molecule has 0 aromatic rings. The number of hydrogen-bond acceptors (Lipinski definition) is 12. The summed E-state index contributed by atoms with van der Waals surface area (Å²) in [6.07, 6.45) is -5.19. The zero-order valence-electron chi connectivity index (χ0n) is 19.3. The molecule has 7 atom stereocenters. The maximum absolute atomic E-state index is 12.3. The molecule has 34 heavy (non-hydrogen) atoms. The van der Waals surface area contributed by atoms with E-state index in [-0.39, 0.29) is 50.9 Å². The molecule has 1 saturated heterocycles. The minimum Gasteiger partial charge on any atom is -0.481 e. The number of carbonyl (C=O) groups excluding carboxylic acids is 2. The molecule has 1 aliphatic rings. The molecule has 7 N–H and O–H groups in total. The van der Waals surface area contributed by atoms with E-state index in [9.17, 15) is 34.8 Å². The van der Waals surface area contributed by atoms with Crippen LogP contribution < -0.4 is 10.6 Å². The molecular formula is C20H36N2O11S. The van der Waals surface area contributed by atoms with Gasteiger partial charge in [0, 0.05) is 25.1 Å². The number of nitrogens with one attached hydrogen (secondary N) is 2. The van der Waals surface area contributed by atoms with Gasteiger partial charge in [-0.25, -0.2) is 0 Å². The van der Waals surface area contributed by atoms with Crippen LogP contribution in [0, 0.1) is 5.92 Å². The second kappa shape index (κ2) is 16.3. The van der Waals surface area contributed by atoms with Crippen LogP contribution in [-0.4, -0.2) is 132 Å². The van der Waals surface area contributed by atoms with E-state index in [1.54, 1.807) is 13.3 Å². The predicted octanol–water partition coefficient (Wildman–Crippen LogP) is -3.06. The highest BCUT2D eigenvalue weighted by Crippen LogP contribution is 2.21. The molecule has 13 nitrogen and oxygen atoms in total. The Labute approximate surface area is 202 Å². The lowest BCUT2D eigenvalue weighted by Gasteiger charge is -2.39. The predicted molar refractivity (Wildman–Crippen MR) is 120 cm³/mol. The van der Waals surface area contributed by atoms with Gasteiger partial charge in [-0.2, -0.15) is 11.8 Å². The highest BCUT2D eigenvalue weighted by molar-refractivity contribution is 7.98. The Hall–Kier alpha value is -1.36. The summed E-state index contributed by atoms with van der Waals surface area (Å²) in [5.74, 6) is -2.16. The molecule has 3 unspecified atom stereocenters. The van der Waals surface area contributed by atoms with Crippen LogP contribution in [0.4, 0.5) is 0 Å². The lowest BCUT2D eigenvalue weighted by atomic mass is 9.99. The van der Waals surface area contributed by atoms with Gasteiger partial charge < -0.3 is 50.4 Å². The molecule has 0 radical (unpaired) electrons. The number of Topliss-reactive ketones (excluding diaryl/α,β-unsaturated/α-hetero) is 1. The summed E-state index contributed by atoms with van der Waals surface area (Å²) in [7, 11) is 1.55. The molecule has 0 aromatic heterocycles. The number of rotatable bonds is 17. The van der Waals surface area contributed by atoms with E-state index >= 15 is 0 Å². The molecule has 1 fully saturated rings. The number of aliphatic hydroxyl groups excluding tert-OH is 4. The maximum Gasteiger partial charge on any atom is 0.307 e. The van der Waals surface area contributed by atoms with Gasteiger partial charge in [-0.3, -0.25) is 14.4 Å². The quantitative estimate of drug-likeness (QED) is 0.0968. The summed E-state index contributed by atoms with van der Waals surface area (Å²) < 4.78 is 15.7. The van der Waals surface area contributed by atoms with Crippen LogP contribution >= 0.6 is 11.8 Å². The molecule has 198 valence electrons. The fourth-order valence-electron chi connectivity index (χ4n) is 3.18. The second-order valence-corrected chi connectivity index (χ2v) is 8.65. The molecule has 0 bridgehead atoms. The molecule has 1 aliphatic heterocycles. The highest BCUT2D eigenvalue weighted by Gasteiger charge is 2.43. The summed E-state index contributed by atoms with van der Waals surface area (Å²) in [6, 6.07) is -0.708. The Morgan fingerprint density at radius 3 is 2.38 bits per heavy atom. The van der Waals surface area contributed by atoms with Gasteiger partial charge in [0.15, 0.2) is 12.1 Å². The minimum atomic E-state index is -1.53. The lowest BCUT2D eigenvalue weighted by molar-refractivity contribution is -0.302. The summed E-state index contributed by atoms with van der Waals surface area (Å²) in [6.45, 7) is -0.488. The van der Waals surface area contributed by atoms with Crippen LogP contribution in [0.25, 0.3) is 0 Å². The lowest BCUT2D eigenvalue weighted by Crippen LogP contribution is -2.59. The van der Waals surface area contributed by atoms with Crippen LogP contribution in [0.15, 0.2) is 0 Å². The molecule has 0 aliphatic carbocycles. The van der Waals surface area contributed by atoms with Crippen molar-refractivity contribution in [2.24, 2.45) is 5.92 Å². The van der Waals surface area contributed by atoms with Gasteiger partial charge in [0.25, 0.3) is 0 Å². The monoisotopic (exact) mass is 512 g/mol. The first-order chi connectivity index (χ1) is 16.2. The smallest absolute Gasteiger partial charge is 0.307 e. The Bertz CT molecular complexity index is 640. The van der Waals surface area contributed by atoms with Crippen molar-refractivity contribution >= 4 is 29.4 Å². The number of aliphatic carboxylic acids is 1. The fourth-order valence-corrected chi connectivity index (χ4v) is 3.84. The van der Waals surface area contributed by atoms with Gasteiger partial charge in [-0.1, -0.05) is 0 Å². The largest absolute Gasteiger partial charge is 0.481 e. The fraction of sp³-hybridized carbons (Fsp3) is 0.850. The van der Waals surface area contributed by atoms with Crippen molar-refractivity contribution in [1.82, 2.24) is 10.6 Å².